The van der Waals surface area contributed by atoms with Gasteiger partial charge in [-0.15, -0.1) is 0 Å². The Bertz CT molecular complexity index is 1000. The number of hydrogen-bond donors (Lipinski definition) is 1. The third kappa shape index (κ3) is 2.81. The third-order valence-electron chi connectivity index (χ3n) is 4.71. The molecule has 0 atom stereocenters. The number of piperazine rings is 1. The molecule has 1 fully saturated rings. The SMILES string of the molecule is Cc1ccc(S(=O)(=O)n2ccc3c(N4CCNCC4)cccc32)cc1. The zero-order chi connectivity index (χ0) is 17.4. The lowest BCUT2D eigenvalue weighted by atomic mass is 10.2. The van der Waals surface area contributed by atoms with Crippen molar-refractivity contribution in [1.82, 2.24) is 9.29 Å². The zero-order valence-electron chi connectivity index (χ0n) is 14.1. The minimum Gasteiger partial charge on any atom is -0.368 e. The summed E-state index contributed by atoms with van der Waals surface area (Å²) in [5.41, 5.74) is 2.85. The number of benzene rings is 2. The van der Waals surface area contributed by atoms with Gasteiger partial charge in [-0.05, 0) is 37.3 Å². The van der Waals surface area contributed by atoms with Gasteiger partial charge >= 0.3 is 0 Å². The van der Waals surface area contributed by atoms with E-state index in [1.165, 1.54) is 3.97 Å². The average Bonchev–Trinajstić information content (AvgIpc) is 3.08. The molecule has 0 spiro atoms. The van der Waals surface area contributed by atoms with Gasteiger partial charge in [0.2, 0.25) is 0 Å². The van der Waals surface area contributed by atoms with Crippen LogP contribution >= 0.6 is 0 Å². The van der Waals surface area contributed by atoms with Crippen molar-refractivity contribution in [1.29, 1.82) is 0 Å². The molecule has 0 bridgehead atoms. The van der Waals surface area contributed by atoms with E-state index in [4.69, 9.17) is 0 Å². The first-order valence-electron chi connectivity index (χ1n) is 8.45. The fourth-order valence-electron chi connectivity index (χ4n) is 3.34. The van der Waals surface area contributed by atoms with Gasteiger partial charge in [-0.1, -0.05) is 23.8 Å². The largest absolute Gasteiger partial charge is 0.368 e. The van der Waals surface area contributed by atoms with Crippen molar-refractivity contribution in [2.45, 2.75) is 11.8 Å². The van der Waals surface area contributed by atoms with Gasteiger partial charge in [0.15, 0.2) is 0 Å². The van der Waals surface area contributed by atoms with Crippen molar-refractivity contribution in [3.05, 3.63) is 60.3 Å². The molecule has 1 aliphatic heterocycles. The Hall–Kier alpha value is -2.31. The fraction of sp³-hybridized carbons (Fsp3) is 0.263. The zero-order valence-corrected chi connectivity index (χ0v) is 15.0. The summed E-state index contributed by atoms with van der Waals surface area (Å²) in [6.45, 7) is 5.68. The second-order valence-electron chi connectivity index (χ2n) is 6.38. The standard InChI is InChI=1S/C19H21N3O2S/c1-15-5-7-16(8-6-15)25(23,24)22-12-9-17-18(3-2-4-19(17)22)21-13-10-20-11-14-21/h2-9,12,20H,10-11,13-14H2,1H3. The smallest absolute Gasteiger partial charge is 0.268 e. The second-order valence-corrected chi connectivity index (χ2v) is 8.19. The maximum absolute atomic E-state index is 13.0. The van der Waals surface area contributed by atoms with Crippen molar-refractivity contribution in [2.75, 3.05) is 31.1 Å². The number of nitrogens with zero attached hydrogens (tertiary/aromatic N) is 2. The Kier molecular flexibility index (Phi) is 4.01. The second kappa shape index (κ2) is 6.20. The molecule has 0 saturated carbocycles. The van der Waals surface area contributed by atoms with Crippen LogP contribution in [-0.2, 0) is 10.0 Å². The van der Waals surface area contributed by atoms with Crippen LogP contribution in [0.4, 0.5) is 5.69 Å². The van der Waals surface area contributed by atoms with Gasteiger partial charge < -0.3 is 10.2 Å². The number of rotatable bonds is 3. The Morgan fingerprint density at radius 1 is 0.960 bits per heavy atom. The normalized spacial score (nSPS) is 15.6. The molecule has 0 unspecified atom stereocenters. The van der Waals surface area contributed by atoms with Crippen LogP contribution < -0.4 is 10.2 Å². The van der Waals surface area contributed by atoms with Crippen LogP contribution in [0.2, 0.25) is 0 Å². The molecular weight excluding hydrogens is 334 g/mol. The lowest BCUT2D eigenvalue weighted by Crippen LogP contribution is -2.43. The van der Waals surface area contributed by atoms with Gasteiger partial charge in [0.05, 0.1) is 10.4 Å². The van der Waals surface area contributed by atoms with Crippen LogP contribution in [0.1, 0.15) is 5.56 Å². The lowest BCUT2D eigenvalue weighted by Gasteiger charge is -2.30. The molecule has 130 valence electrons. The summed E-state index contributed by atoms with van der Waals surface area (Å²) in [5.74, 6) is 0. The van der Waals surface area contributed by atoms with Crippen LogP contribution in [0, 0.1) is 6.92 Å². The number of nitrogens with one attached hydrogen (secondary N) is 1. The first kappa shape index (κ1) is 16.2. The van der Waals surface area contributed by atoms with Crippen LogP contribution in [0.5, 0.6) is 0 Å². The van der Waals surface area contributed by atoms with Gasteiger partial charge in [-0.25, -0.2) is 12.4 Å². The molecule has 0 radical (unpaired) electrons. The van der Waals surface area contributed by atoms with Crippen molar-refractivity contribution in [3.63, 3.8) is 0 Å². The van der Waals surface area contributed by atoms with Gasteiger partial charge in [-0.2, -0.15) is 0 Å². The van der Waals surface area contributed by atoms with Crippen LogP contribution in [0.15, 0.2) is 59.6 Å². The number of anilines is 1. The van der Waals surface area contributed by atoms with Gasteiger partial charge in [-0.3, -0.25) is 0 Å². The van der Waals surface area contributed by atoms with Crippen molar-refractivity contribution in [3.8, 4) is 0 Å². The van der Waals surface area contributed by atoms with E-state index < -0.39 is 10.0 Å². The molecule has 25 heavy (non-hydrogen) atoms. The van der Waals surface area contributed by atoms with Gasteiger partial charge in [0.1, 0.15) is 0 Å². The predicted octanol–water partition coefficient (Wildman–Crippen LogP) is 2.60. The number of fused-ring (bicyclic) bond motifs is 1. The van der Waals surface area contributed by atoms with E-state index in [0.717, 1.165) is 48.3 Å². The maximum atomic E-state index is 13.0. The molecule has 3 aromatic rings. The van der Waals surface area contributed by atoms with E-state index in [9.17, 15) is 8.42 Å². The average molecular weight is 355 g/mol. The van der Waals surface area contributed by atoms with Gasteiger partial charge in [0, 0.05) is 43.4 Å². The van der Waals surface area contributed by atoms with E-state index in [1.54, 1.807) is 18.3 Å². The molecule has 6 heteroatoms. The number of hydrogen-bond acceptors (Lipinski definition) is 4. The highest BCUT2D eigenvalue weighted by atomic mass is 32.2. The van der Waals surface area contributed by atoms with E-state index in [2.05, 4.69) is 16.3 Å². The first-order chi connectivity index (χ1) is 12.1. The molecule has 0 amide bonds. The summed E-state index contributed by atoms with van der Waals surface area (Å²) in [4.78, 5) is 2.62. The Morgan fingerprint density at radius 3 is 2.40 bits per heavy atom. The molecule has 1 saturated heterocycles. The monoisotopic (exact) mass is 355 g/mol. The van der Waals surface area contributed by atoms with Crippen LogP contribution in [-0.4, -0.2) is 38.6 Å². The number of aromatic nitrogens is 1. The van der Waals surface area contributed by atoms with E-state index in [1.807, 2.05) is 37.3 Å². The van der Waals surface area contributed by atoms with Crippen molar-refractivity contribution in [2.24, 2.45) is 0 Å². The minimum atomic E-state index is -3.60. The predicted molar refractivity (Wildman–Crippen MR) is 101 cm³/mol. The highest BCUT2D eigenvalue weighted by molar-refractivity contribution is 7.90. The summed E-state index contributed by atoms with van der Waals surface area (Å²) >= 11 is 0. The third-order valence-corrected chi connectivity index (χ3v) is 6.41. The number of aryl methyl sites for hydroxylation is 1. The topological polar surface area (TPSA) is 54.3 Å². The molecule has 2 heterocycles. The lowest BCUT2D eigenvalue weighted by molar-refractivity contribution is 0.588. The highest BCUT2D eigenvalue weighted by Gasteiger charge is 2.21. The highest BCUT2D eigenvalue weighted by Crippen LogP contribution is 2.30. The molecule has 5 nitrogen and oxygen atoms in total. The van der Waals surface area contributed by atoms with Crippen molar-refractivity contribution < 1.29 is 8.42 Å². The van der Waals surface area contributed by atoms with Crippen molar-refractivity contribution >= 4 is 26.6 Å². The summed E-state index contributed by atoms with van der Waals surface area (Å²) < 4.78 is 27.5. The maximum Gasteiger partial charge on any atom is 0.268 e. The summed E-state index contributed by atoms with van der Waals surface area (Å²) in [6.07, 6.45) is 1.66. The minimum absolute atomic E-state index is 0.308. The Labute approximate surface area is 147 Å². The molecule has 1 N–H and O–H groups in total. The molecule has 1 aliphatic rings. The summed E-state index contributed by atoms with van der Waals surface area (Å²) in [7, 11) is -3.60. The molecule has 2 aromatic carbocycles. The van der Waals surface area contributed by atoms with E-state index in [0.29, 0.717) is 4.90 Å². The van der Waals surface area contributed by atoms with E-state index in [-0.39, 0.29) is 0 Å². The molecule has 1 aromatic heterocycles. The fourth-order valence-corrected chi connectivity index (χ4v) is 4.69. The molecule has 4 rings (SSSR count). The molecule has 0 aliphatic carbocycles. The molecular formula is C19H21N3O2S. The van der Waals surface area contributed by atoms with Gasteiger partial charge in [0.25, 0.3) is 10.0 Å². The van der Waals surface area contributed by atoms with E-state index >= 15 is 0 Å². The summed E-state index contributed by atoms with van der Waals surface area (Å²) in [6, 6.07) is 14.7. The first-order valence-corrected chi connectivity index (χ1v) is 9.89. The Balaban J connectivity index is 1.82. The van der Waals surface area contributed by atoms with Crippen LogP contribution in [0.25, 0.3) is 10.9 Å². The Morgan fingerprint density at radius 2 is 1.68 bits per heavy atom. The van der Waals surface area contributed by atoms with Crippen LogP contribution in [0.3, 0.4) is 0 Å². The quantitative estimate of drug-likeness (QED) is 0.785. The summed E-state index contributed by atoms with van der Waals surface area (Å²) in [5, 5.41) is 4.32.